The minimum atomic E-state index is -0.873. The average Bonchev–Trinajstić information content (AvgIpc) is 3.57. The van der Waals surface area contributed by atoms with Gasteiger partial charge in [0.2, 0.25) is 11.8 Å². The van der Waals surface area contributed by atoms with E-state index in [1.807, 2.05) is 30.3 Å². The maximum Gasteiger partial charge on any atom is 0.329 e. The molecular weight excluding hydrogens is 470 g/mol. The molecule has 2 aliphatic heterocycles. The van der Waals surface area contributed by atoms with Gasteiger partial charge >= 0.3 is 5.97 Å². The summed E-state index contributed by atoms with van der Waals surface area (Å²) in [6.45, 7) is 1.35. The molecule has 2 fully saturated rings. The molecule has 0 spiro atoms. The zero-order chi connectivity index (χ0) is 25.9. The topological polar surface area (TPSA) is 181 Å². The number of nitrogens with two attached hydrogens (primary N) is 1. The Hall–Kier alpha value is -3.74. The Kier molecular flexibility index (Phi) is 9.98. The second-order valence-electron chi connectivity index (χ2n) is 8.77. The Morgan fingerprint density at radius 3 is 2.72 bits per heavy atom. The summed E-state index contributed by atoms with van der Waals surface area (Å²) >= 11 is 0. The maximum atomic E-state index is 13.5. The van der Waals surface area contributed by atoms with Gasteiger partial charge in [0, 0.05) is 13.1 Å². The largest absolute Gasteiger partial charge is 0.459 e. The van der Waals surface area contributed by atoms with Gasteiger partial charge in [-0.15, -0.1) is 0 Å². The van der Waals surface area contributed by atoms with Crippen LogP contribution in [0.3, 0.4) is 0 Å². The first-order chi connectivity index (χ1) is 17.3. The highest BCUT2D eigenvalue weighted by Crippen LogP contribution is 2.21. The Labute approximate surface area is 208 Å². The molecule has 0 bridgehead atoms. The van der Waals surface area contributed by atoms with E-state index in [1.54, 1.807) is 5.43 Å². The van der Waals surface area contributed by atoms with Crippen molar-refractivity contribution in [1.82, 2.24) is 21.0 Å². The number of amides is 2. The molecule has 5 N–H and O–H groups in total. The number of carbonyl (C=O) groups is 3. The number of likely N-dealkylation sites (tertiary alicyclic amines) is 1. The van der Waals surface area contributed by atoms with Gasteiger partial charge in [-0.2, -0.15) is 0 Å². The summed E-state index contributed by atoms with van der Waals surface area (Å²) in [5.74, 6) is -1.45. The fraction of sp³-hybridized carbons (Fsp3) is 0.565. The molecule has 13 heteroatoms. The number of guanidine groups is 1. The van der Waals surface area contributed by atoms with Crippen LogP contribution in [-0.4, -0.2) is 71.4 Å². The molecule has 2 aliphatic rings. The Morgan fingerprint density at radius 2 is 2.03 bits per heavy atom. The van der Waals surface area contributed by atoms with E-state index in [-0.39, 0.29) is 43.4 Å². The Balaban J connectivity index is 1.62. The van der Waals surface area contributed by atoms with Gasteiger partial charge in [-0.1, -0.05) is 35.8 Å². The lowest BCUT2D eigenvalue weighted by Crippen LogP contribution is -2.54. The van der Waals surface area contributed by atoms with Crippen molar-refractivity contribution in [1.29, 1.82) is 0 Å². The Morgan fingerprint density at radius 1 is 1.25 bits per heavy atom. The van der Waals surface area contributed by atoms with Crippen LogP contribution in [0.4, 0.5) is 0 Å². The second kappa shape index (κ2) is 13.4. The molecule has 3 rings (SSSR count). The van der Waals surface area contributed by atoms with Gasteiger partial charge in [-0.25, -0.2) is 19.9 Å². The molecule has 2 heterocycles. The van der Waals surface area contributed by atoms with Crippen molar-refractivity contribution in [3.05, 3.63) is 46.0 Å². The normalized spacial score (nSPS) is 20.6. The van der Waals surface area contributed by atoms with Crippen LogP contribution in [0.5, 0.6) is 0 Å². The number of hydrazine groups is 1. The first-order valence-corrected chi connectivity index (χ1v) is 12.1. The summed E-state index contributed by atoms with van der Waals surface area (Å²) in [5.41, 5.74) is 8.03. The third kappa shape index (κ3) is 7.90. The van der Waals surface area contributed by atoms with Gasteiger partial charge in [0.05, 0.1) is 6.04 Å². The van der Waals surface area contributed by atoms with Gasteiger partial charge in [-0.3, -0.25) is 9.59 Å². The molecule has 2 saturated heterocycles. The molecule has 1 aromatic carbocycles. The molecule has 196 valence electrons. The summed E-state index contributed by atoms with van der Waals surface area (Å²) in [4.78, 5) is 54.8. The highest BCUT2D eigenvalue weighted by atomic mass is 16.7. The predicted octanol–water partition coefficient (Wildman–Crippen LogP) is -0.166. The molecule has 0 unspecified atom stereocenters. The standard InChI is InChI=1S/C23H33N7O6/c24-23(28-30(34)35)26-13-5-10-18(27-20(31)17-9-4-12-25-17)21(32)29-14-6-11-19(29)22(33)36-15-16-7-2-1-3-8-16/h1-3,7-8,17-19,25H,4-6,9-15H2,(H,27,31)(H3,24,26,28)/t17-,18-,19-/m0/s1. The second-order valence-corrected chi connectivity index (χ2v) is 8.77. The molecular formula is C23H33N7O6. The van der Waals surface area contributed by atoms with Crippen molar-refractivity contribution < 1.29 is 24.2 Å². The van der Waals surface area contributed by atoms with Gasteiger partial charge < -0.3 is 26.0 Å². The van der Waals surface area contributed by atoms with Crippen LogP contribution in [-0.2, 0) is 25.7 Å². The fourth-order valence-corrected chi connectivity index (χ4v) is 4.36. The number of nitrogens with zero attached hydrogens (tertiary/aromatic N) is 3. The number of hydrogen-bond acceptors (Lipinski definition) is 8. The number of ether oxygens (including phenoxy) is 1. The maximum absolute atomic E-state index is 13.5. The summed E-state index contributed by atoms with van der Waals surface area (Å²) in [5, 5.41) is 15.6. The summed E-state index contributed by atoms with van der Waals surface area (Å²) < 4.78 is 5.47. The van der Waals surface area contributed by atoms with Crippen molar-refractivity contribution in [2.75, 3.05) is 19.6 Å². The minimum absolute atomic E-state index is 0.114. The smallest absolute Gasteiger partial charge is 0.329 e. The minimum Gasteiger partial charge on any atom is -0.459 e. The average molecular weight is 504 g/mol. The highest BCUT2D eigenvalue weighted by Gasteiger charge is 2.39. The van der Waals surface area contributed by atoms with Crippen LogP contribution in [0.25, 0.3) is 0 Å². The zero-order valence-electron chi connectivity index (χ0n) is 20.1. The predicted molar refractivity (Wildman–Crippen MR) is 130 cm³/mol. The zero-order valence-corrected chi connectivity index (χ0v) is 20.1. The van der Waals surface area contributed by atoms with Crippen molar-refractivity contribution in [3.8, 4) is 0 Å². The number of nitro groups is 1. The van der Waals surface area contributed by atoms with Gasteiger partial charge in [-0.05, 0) is 50.6 Å². The third-order valence-electron chi connectivity index (χ3n) is 6.16. The molecule has 0 aromatic heterocycles. The van der Waals surface area contributed by atoms with E-state index < -0.39 is 23.1 Å². The number of aliphatic imine (C=N–C) groups is 1. The van der Waals surface area contributed by atoms with Gasteiger partial charge in [0.1, 0.15) is 18.7 Å². The van der Waals surface area contributed by atoms with Crippen LogP contribution < -0.4 is 21.8 Å². The van der Waals surface area contributed by atoms with Crippen LogP contribution in [0.15, 0.2) is 35.3 Å². The number of carbonyl (C=O) groups excluding carboxylic acids is 3. The summed E-state index contributed by atoms with van der Waals surface area (Å²) in [6, 6.07) is 7.32. The van der Waals surface area contributed by atoms with Crippen LogP contribution >= 0.6 is 0 Å². The number of hydrogen-bond donors (Lipinski definition) is 4. The molecule has 0 saturated carbocycles. The van der Waals surface area contributed by atoms with Crippen LogP contribution in [0.2, 0.25) is 0 Å². The third-order valence-corrected chi connectivity index (χ3v) is 6.16. The number of nitrogens with one attached hydrogen (secondary N) is 3. The lowest BCUT2D eigenvalue weighted by molar-refractivity contribution is -0.525. The number of benzene rings is 1. The molecule has 13 nitrogen and oxygen atoms in total. The SMILES string of the molecule is NC(=NCCC[C@H](NC(=O)[C@@H]1CCCN1)C(=O)N1CCC[C@H]1C(=O)OCc1ccccc1)N[N+](=O)[O-]. The molecule has 36 heavy (non-hydrogen) atoms. The van der Waals surface area contributed by atoms with Crippen molar-refractivity contribution in [2.45, 2.75) is 63.3 Å². The molecule has 0 radical (unpaired) electrons. The number of rotatable bonds is 11. The summed E-state index contributed by atoms with van der Waals surface area (Å²) in [7, 11) is 0. The van der Waals surface area contributed by atoms with Crippen molar-refractivity contribution in [2.24, 2.45) is 10.7 Å². The van der Waals surface area contributed by atoms with E-state index in [1.165, 1.54) is 4.90 Å². The molecule has 3 atom stereocenters. The summed E-state index contributed by atoms with van der Waals surface area (Å²) in [6.07, 6.45) is 3.25. The van der Waals surface area contributed by atoms with Crippen LogP contribution in [0.1, 0.15) is 44.1 Å². The van der Waals surface area contributed by atoms with Crippen molar-refractivity contribution in [3.63, 3.8) is 0 Å². The Bertz CT molecular complexity index is 952. The monoisotopic (exact) mass is 503 g/mol. The van der Waals surface area contributed by atoms with E-state index in [2.05, 4.69) is 15.6 Å². The fourth-order valence-electron chi connectivity index (χ4n) is 4.36. The van der Waals surface area contributed by atoms with Gasteiger partial charge in [0.15, 0.2) is 5.03 Å². The lowest BCUT2D eigenvalue weighted by Gasteiger charge is -2.29. The molecule has 2 amide bonds. The number of esters is 1. The molecule has 0 aliphatic carbocycles. The van der Waals surface area contributed by atoms with E-state index in [9.17, 15) is 24.5 Å². The van der Waals surface area contributed by atoms with Gasteiger partial charge in [0.25, 0.3) is 5.96 Å². The van der Waals surface area contributed by atoms with Crippen molar-refractivity contribution >= 4 is 23.7 Å². The first-order valence-electron chi connectivity index (χ1n) is 12.1. The van der Waals surface area contributed by atoms with Crippen LogP contribution in [0, 0.1) is 10.1 Å². The molecule has 1 aromatic rings. The van der Waals surface area contributed by atoms with E-state index in [0.29, 0.717) is 32.2 Å². The van der Waals surface area contributed by atoms with E-state index in [4.69, 9.17) is 10.5 Å². The van der Waals surface area contributed by atoms with E-state index in [0.717, 1.165) is 18.5 Å². The first kappa shape index (κ1) is 26.9. The quantitative estimate of drug-likeness (QED) is 0.0796. The van der Waals surface area contributed by atoms with E-state index >= 15 is 0 Å². The highest BCUT2D eigenvalue weighted by molar-refractivity contribution is 5.92. The lowest BCUT2D eigenvalue weighted by atomic mass is 10.1.